The first-order valence-corrected chi connectivity index (χ1v) is 7.73. The number of carbonyl (C=O) groups is 3. The van der Waals surface area contributed by atoms with Crippen molar-refractivity contribution in [3.63, 3.8) is 0 Å². The van der Waals surface area contributed by atoms with Crippen LogP contribution in [0.15, 0.2) is 0 Å². The van der Waals surface area contributed by atoms with Crippen LogP contribution >= 0.6 is 0 Å². The molecule has 4 amide bonds. The monoisotopic (exact) mass is 311 g/mol. The van der Waals surface area contributed by atoms with Crippen LogP contribution in [-0.2, 0) is 9.53 Å². The first-order valence-electron chi connectivity index (χ1n) is 7.73. The number of alkyl carbamates (subject to hydrolysis) is 1. The summed E-state index contributed by atoms with van der Waals surface area (Å²) < 4.78 is 5.22. The molecule has 2 fully saturated rings. The molecule has 7 nitrogen and oxygen atoms in total. The maximum absolute atomic E-state index is 12.5. The van der Waals surface area contributed by atoms with Crippen LogP contribution in [0.2, 0.25) is 0 Å². The molecule has 2 aliphatic rings. The Labute approximate surface area is 130 Å². The molecule has 0 radical (unpaired) electrons. The fraction of sp³-hybridized carbons (Fsp3) is 0.800. The maximum Gasteiger partial charge on any atom is 0.407 e. The fourth-order valence-electron chi connectivity index (χ4n) is 3.21. The van der Waals surface area contributed by atoms with E-state index in [0.29, 0.717) is 13.0 Å². The molecule has 124 valence electrons. The summed E-state index contributed by atoms with van der Waals surface area (Å²) in [6, 6.07) is -0.367. The highest BCUT2D eigenvalue weighted by Gasteiger charge is 2.55. The van der Waals surface area contributed by atoms with E-state index in [1.165, 1.54) is 7.05 Å². The smallest absolute Gasteiger partial charge is 0.407 e. The van der Waals surface area contributed by atoms with Crippen LogP contribution < -0.4 is 10.6 Å². The predicted octanol–water partition coefficient (Wildman–Crippen LogP) is 1.62. The van der Waals surface area contributed by atoms with Gasteiger partial charge in [0.05, 0.1) is 0 Å². The molecular weight excluding hydrogens is 286 g/mol. The molecule has 1 spiro atoms. The van der Waals surface area contributed by atoms with Crippen LogP contribution in [0.3, 0.4) is 0 Å². The molecule has 0 aromatic carbocycles. The number of ether oxygens (including phenoxy) is 1. The van der Waals surface area contributed by atoms with E-state index in [1.807, 2.05) is 0 Å². The molecule has 0 bridgehead atoms. The molecule has 22 heavy (non-hydrogen) atoms. The van der Waals surface area contributed by atoms with Gasteiger partial charge in [0.1, 0.15) is 11.1 Å². The van der Waals surface area contributed by atoms with Gasteiger partial charge < -0.3 is 15.4 Å². The molecule has 2 rings (SSSR count). The van der Waals surface area contributed by atoms with Gasteiger partial charge in [0.25, 0.3) is 5.91 Å². The summed E-state index contributed by atoms with van der Waals surface area (Å²) in [6.07, 6.45) is 2.77. The Morgan fingerprint density at radius 1 is 1.41 bits per heavy atom. The molecule has 0 unspecified atom stereocenters. The summed E-state index contributed by atoms with van der Waals surface area (Å²) in [4.78, 5) is 37.2. The summed E-state index contributed by atoms with van der Waals surface area (Å²) in [5.74, 6) is -0.316. The van der Waals surface area contributed by atoms with E-state index in [0.717, 1.165) is 24.2 Å². The van der Waals surface area contributed by atoms with E-state index in [4.69, 9.17) is 4.74 Å². The first-order chi connectivity index (χ1) is 10.2. The zero-order chi connectivity index (χ0) is 16.5. The minimum absolute atomic E-state index is 0.116. The van der Waals surface area contributed by atoms with Gasteiger partial charge >= 0.3 is 12.1 Å². The number of nitrogens with zero attached hydrogens (tertiary/aromatic N) is 1. The lowest BCUT2D eigenvalue weighted by Gasteiger charge is -2.39. The van der Waals surface area contributed by atoms with Crippen molar-refractivity contribution in [2.45, 2.75) is 57.6 Å². The fourth-order valence-corrected chi connectivity index (χ4v) is 3.21. The highest BCUT2D eigenvalue weighted by molar-refractivity contribution is 6.07. The van der Waals surface area contributed by atoms with Crippen LogP contribution in [0.4, 0.5) is 9.59 Å². The predicted molar refractivity (Wildman–Crippen MR) is 80.2 cm³/mol. The van der Waals surface area contributed by atoms with Gasteiger partial charge in [-0.3, -0.25) is 9.69 Å². The van der Waals surface area contributed by atoms with Crippen LogP contribution in [0, 0.1) is 5.92 Å². The van der Waals surface area contributed by atoms with Crippen LogP contribution in [0.5, 0.6) is 0 Å². The number of likely N-dealkylation sites (N-methyl/N-ethyl adjacent to an activating group) is 1. The molecule has 0 aromatic rings. The molecule has 1 heterocycles. The number of rotatable bonds is 2. The number of hydrogen-bond acceptors (Lipinski definition) is 4. The van der Waals surface area contributed by atoms with E-state index in [1.54, 1.807) is 20.8 Å². The third-order valence-electron chi connectivity index (χ3n) is 4.28. The van der Waals surface area contributed by atoms with Gasteiger partial charge in [0.2, 0.25) is 0 Å². The van der Waals surface area contributed by atoms with Crippen LogP contribution in [0.1, 0.15) is 46.5 Å². The van der Waals surface area contributed by atoms with Crippen molar-refractivity contribution in [2.24, 2.45) is 5.92 Å². The van der Waals surface area contributed by atoms with Crippen molar-refractivity contribution in [3.8, 4) is 0 Å². The topological polar surface area (TPSA) is 87.7 Å². The molecule has 7 heteroatoms. The third kappa shape index (κ3) is 3.18. The van der Waals surface area contributed by atoms with Crippen molar-refractivity contribution in [2.75, 3.05) is 13.6 Å². The van der Waals surface area contributed by atoms with E-state index in [2.05, 4.69) is 10.6 Å². The van der Waals surface area contributed by atoms with E-state index in [9.17, 15) is 14.4 Å². The minimum Gasteiger partial charge on any atom is -0.444 e. The largest absolute Gasteiger partial charge is 0.444 e. The summed E-state index contributed by atoms with van der Waals surface area (Å²) in [5.41, 5.74) is -1.44. The quantitative estimate of drug-likeness (QED) is 0.759. The zero-order valence-corrected chi connectivity index (χ0v) is 13.7. The number of amides is 4. The maximum atomic E-state index is 12.5. The lowest BCUT2D eigenvalue weighted by molar-refractivity contribution is -0.133. The summed E-state index contributed by atoms with van der Waals surface area (Å²) in [6.45, 7) is 5.70. The molecule has 0 aromatic heterocycles. The van der Waals surface area contributed by atoms with Gasteiger partial charge in [-0.15, -0.1) is 0 Å². The highest BCUT2D eigenvalue weighted by Crippen LogP contribution is 2.37. The molecule has 1 aliphatic heterocycles. The Bertz CT molecular complexity index is 486. The molecule has 2 N–H and O–H groups in total. The third-order valence-corrected chi connectivity index (χ3v) is 4.28. The zero-order valence-electron chi connectivity index (χ0n) is 13.7. The van der Waals surface area contributed by atoms with Crippen molar-refractivity contribution >= 4 is 18.0 Å². The Hall–Kier alpha value is -1.79. The van der Waals surface area contributed by atoms with Gasteiger partial charge in [-0.1, -0.05) is 12.8 Å². The molecule has 1 aliphatic carbocycles. The second-order valence-electron chi connectivity index (χ2n) is 7.09. The van der Waals surface area contributed by atoms with E-state index >= 15 is 0 Å². The Balaban J connectivity index is 2.04. The second kappa shape index (κ2) is 5.78. The first kappa shape index (κ1) is 16.6. The van der Waals surface area contributed by atoms with Crippen LogP contribution in [-0.4, -0.2) is 47.7 Å². The Kier molecular flexibility index (Phi) is 4.35. The Morgan fingerprint density at radius 2 is 2.09 bits per heavy atom. The van der Waals surface area contributed by atoms with E-state index < -0.39 is 17.2 Å². The van der Waals surface area contributed by atoms with Crippen LogP contribution in [0.25, 0.3) is 0 Å². The highest BCUT2D eigenvalue weighted by atomic mass is 16.6. The van der Waals surface area contributed by atoms with Gasteiger partial charge in [-0.2, -0.15) is 0 Å². The molecular formula is C15H25N3O4. The minimum atomic E-state index is -0.876. The molecule has 2 atom stereocenters. The number of urea groups is 1. The van der Waals surface area contributed by atoms with Gasteiger partial charge in [-0.05, 0) is 33.6 Å². The van der Waals surface area contributed by atoms with Crippen molar-refractivity contribution in [1.29, 1.82) is 0 Å². The number of hydrogen-bond donors (Lipinski definition) is 2. The van der Waals surface area contributed by atoms with E-state index in [-0.39, 0.29) is 17.9 Å². The van der Waals surface area contributed by atoms with Crippen molar-refractivity contribution in [3.05, 3.63) is 0 Å². The summed E-state index contributed by atoms with van der Waals surface area (Å²) in [5, 5.41) is 5.56. The second-order valence-corrected chi connectivity index (χ2v) is 7.09. The number of carbonyl (C=O) groups excluding carboxylic acids is 3. The molecule has 1 saturated carbocycles. The lowest BCUT2D eigenvalue weighted by Crippen LogP contribution is -2.57. The van der Waals surface area contributed by atoms with Gasteiger partial charge in [0.15, 0.2) is 0 Å². The summed E-state index contributed by atoms with van der Waals surface area (Å²) >= 11 is 0. The Morgan fingerprint density at radius 3 is 2.64 bits per heavy atom. The SMILES string of the molecule is CN1C(=O)N[C@]2(CCCC[C@@H]2CNC(=O)OC(C)(C)C)C1=O. The average molecular weight is 311 g/mol. The molecule has 1 saturated heterocycles. The average Bonchev–Trinajstić information content (AvgIpc) is 2.61. The number of imide groups is 1. The lowest BCUT2D eigenvalue weighted by atomic mass is 9.72. The normalized spacial score (nSPS) is 28.7. The van der Waals surface area contributed by atoms with Crippen molar-refractivity contribution < 1.29 is 19.1 Å². The summed E-state index contributed by atoms with van der Waals surface area (Å²) in [7, 11) is 1.49. The number of nitrogens with one attached hydrogen (secondary N) is 2. The standard InChI is InChI=1S/C15H25N3O4/c1-14(2,3)22-13(21)16-9-10-7-5-6-8-15(10)11(19)18(4)12(20)17-15/h10H,5-9H2,1-4H3,(H,16,21)(H,17,20)/t10-,15+/m1/s1. The van der Waals surface area contributed by atoms with Gasteiger partial charge in [0, 0.05) is 19.5 Å². The van der Waals surface area contributed by atoms with Gasteiger partial charge in [-0.25, -0.2) is 9.59 Å². The van der Waals surface area contributed by atoms with Crippen molar-refractivity contribution in [1.82, 2.24) is 15.5 Å².